The lowest BCUT2D eigenvalue weighted by Crippen LogP contribution is -2.44. The number of halogens is 1. The third kappa shape index (κ3) is 6.71. The van der Waals surface area contributed by atoms with E-state index in [4.69, 9.17) is 0 Å². The summed E-state index contributed by atoms with van der Waals surface area (Å²) in [5.41, 5.74) is 0. The Kier molecular flexibility index (Phi) is 10.4. The normalized spacial score (nSPS) is 21.1. The minimum Gasteiger partial charge on any atom is -0.356 e. The Bertz CT molecular complexity index is 226. The van der Waals surface area contributed by atoms with Crippen molar-refractivity contribution in [2.24, 2.45) is 4.99 Å². The smallest absolute Gasteiger partial charge is 0.191 e. The van der Waals surface area contributed by atoms with Crippen LogP contribution in [0.4, 0.5) is 0 Å². The quantitative estimate of drug-likeness (QED) is 0.330. The molecule has 1 aliphatic rings. The fraction of sp³-hybridized carbons (Fsp3) is 0.909. The van der Waals surface area contributed by atoms with Crippen LogP contribution in [0.25, 0.3) is 0 Å². The van der Waals surface area contributed by atoms with Gasteiger partial charge in [-0.25, -0.2) is 0 Å². The van der Waals surface area contributed by atoms with Gasteiger partial charge < -0.3 is 15.5 Å². The van der Waals surface area contributed by atoms with Gasteiger partial charge in [0.25, 0.3) is 0 Å². The lowest BCUT2D eigenvalue weighted by atomic mass is 10.2. The van der Waals surface area contributed by atoms with Gasteiger partial charge in [-0.1, -0.05) is 0 Å². The second kappa shape index (κ2) is 10.3. The Labute approximate surface area is 126 Å². The molecule has 1 unspecified atom stereocenters. The zero-order valence-electron chi connectivity index (χ0n) is 11.0. The van der Waals surface area contributed by atoms with Crippen LogP contribution >= 0.6 is 35.7 Å². The molecule has 0 saturated carbocycles. The van der Waals surface area contributed by atoms with Gasteiger partial charge in [0, 0.05) is 31.9 Å². The van der Waals surface area contributed by atoms with Gasteiger partial charge in [0.05, 0.1) is 0 Å². The van der Waals surface area contributed by atoms with E-state index in [9.17, 15) is 0 Å². The van der Waals surface area contributed by atoms with Crippen LogP contribution in [0.1, 0.15) is 12.8 Å². The monoisotopic (exact) mass is 372 g/mol. The van der Waals surface area contributed by atoms with Crippen molar-refractivity contribution in [1.29, 1.82) is 0 Å². The topological polar surface area (TPSA) is 39.7 Å². The first-order chi connectivity index (χ1) is 7.77. The average Bonchev–Trinajstić information content (AvgIpc) is 2.69. The predicted octanol–water partition coefficient (Wildman–Crippen LogP) is 1.23. The minimum atomic E-state index is 0. The van der Waals surface area contributed by atoms with Crippen LogP contribution in [-0.4, -0.2) is 62.6 Å². The van der Waals surface area contributed by atoms with E-state index in [1.54, 1.807) is 0 Å². The van der Waals surface area contributed by atoms with E-state index in [2.05, 4.69) is 33.8 Å². The highest BCUT2D eigenvalue weighted by Gasteiger charge is 2.20. The average molecular weight is 372 g/mol. The zero-order chi connectivity index (χ0) is 11.8. The predicted molar refractivity (Wildman–Crippen MR) is 88.8 cm³/mol. The maximum absolute atomic E-state index is 4.21. The molecular formula is C11H25IN4S. The summed E-state index contributed by atoms with van der Waals surface area (Å²) >= 11 is 1.84. The molecule has 17 heavy (non-hydrogen) atoms. The van der Waals surface area contributed by atoms with Gasteiger partial charge in [0.15, 0.2) is 5.96 Å². The molecule has 6 heteroatoms. The number of guanidine groups is 1. The molecule has 0 aliphatic carbocycles. The number of aliphatic imine (C=N–C) groups is 1. The largest absolute Gasteiger partial charge is 0.356 e. The van der Waals surface area contributed by atoms with E-state index in [1.165, 1.54) is 19.4 Å². The minimum absolute atomic E-state index is 0. The van der Waals surface area contributed by atoms with E-state index < -0.39 is 0 Å². The number of nitrogens with one attached hydrogen (secondary N) is 2. The summed E-state index contributed by atoms with van der Waals surface area (Å²) in [5, 5.41) is 6.70. The van der Waals surface area contributed by atoms with E-state index in [-0.39, 0.29) is 24.0 Å². The molecule has 2 N–H and O–H groups in total. The van der Waals surface area contributed by atoms with Crippen molar-refractivity contribution < 1.29 is 0 Å². The van der Waals surface area contributed by atoms with Crippen LogP contribution in [0.3, 0.4) is 0 Å². The van der Waals surface area contributed by atoms with Crippen molar-refractivity contribution in [1.82, 2.24) is 15.5 Å². The molecule has 1 atom stereocenters. The van der Waals surface area contributed by atoms with Crippen molar-refractivity contribution in [3.8, 4) is 0 Å². The van der Waals surface area contributed by atoms with E-state index in [0.29, 0.717) is 6.04 Å². The fourth-order valence-electron chi connectivity index (χ4n) is 1.94. The first-order valence-corrected chi connectivity index (χ1v) is 7.31. The van der Waals surface area contributed by atoms with Crippen LogP contribution in [0.2, 0.25) is 0 Å². The molecule has 0 spiro atoms. The van der Waals surface area contributed by atoms with Gasteiger partial charge in [-0.15, -0.1) is 24.0 Å². The van der Waals surface area contributed by atoms with Crippen LogP contribution in [-0.2, 0) is 0 Å². The molecule has 0 amide bonds. The molecular weight excluding hydrogens is 347 g/mol. The Morgan fingerprint density at radius 3 is 2.76 bits per heavy atom. The van der Waals surface area contributed by atoms with Crippen LogP contribution < -0.4 is 10.6 Å². The summed E-state index contributed by atoms with van der Waals surface area (Å²) in [6.45, 7) is 3.20. The molecule has 1 aliphatic heterocycles. The molecule has 0 bridgehead atoms. The number of rotatable bonds is 5. The lowest BCUT2D eigenvalue weighted by Gasteiger charge is -2.21. The van der Waals surface area contributed by atoms with Gasteiger partial charge >= 0.3 is 0 Å². The zero-order valence-corrected chi connectivity index (χ0v) is 14.2. The Morgan fingerprint density at radius 1 is 1.47 bits per heavy atom. The molecule has 102 valence electrons. The highest BCUT2D eigenvalue weighted by Crippen LogP contribution is 2.13. The SMILES string of the molecule is CN=C(NCCSC)NCC1CCCN1C.I. The van der Waals surface area contributed by atoms with Crippen LogP contribution in [0, 0.1) is 0 Å². The van der Waals surface area contributed by atoms with Crippen molar-refractivity contribution in [3.63, 3.8) is 0 Å². The summed E-state index contributed by atoms with van der Waals surface area (Å²) in [6.07, 6.45) is 4.73. The number of hydrogen-bond donors (Lipinski definition) is 2. The Morgan fingerprint density at radius 2 is 2.24 bits per heavy atom. The third-order valence-corrected chi connectivity index (χ3v) is 3.61. The molecule has 0 aromatic rings. The number of hydrogen-bond acceptors (Lipinski definition) is 3. The number of likely N-dealkylation sites (N-methyl/N-ethyl adjacent to an activating group) is 1. The van der Waals surface area contributed by atoms with Gasteiger partial charge in [0.1, 0.15) is 0 Å². The van der Waals surface area contributed by atoms with Crippen LogP contribution in [0.5, 0.6) is 0 Å². The molecule has 1 fully saturated rings. The second-order valence-electron chi connectivity index (χ2n) is 4.15. The van der Waals surface area contributed by atoms with Crippen molar-refractivity contribution >= 4 is 41.7 Å². The van der Waals surface area contributed by atoms with Gasteiger partial charge in [0.2, 0.25) is 0 Å². The van der Waals surface area contributed by atoms with Crippen LogP contribution in [0.15, 0.2) is 4.99 Å². The van der Waals surface area contributed by atoms with Gasteiger partial charge in [-0.05, 0) is 32.7 Å². The van der Waals surface area contributed by atoms with E-state index in [0.717, 1.165) is 24.8 Å². The molecule has 0 radical (unpaired) electrons. The Balaban J connectivity index is 0.00000256. The maximum atomic E-state index is 4.21. The maximum Gasteiger partial charge on any atom is 0.191 e. The summed E-state index contributed by atoms with van der Waals surface area (Å²) in [7, 11) is 4.02. The number of nitrogens with zero attached hydrogens (tertiary/aromatic N) is 2. The molecule has 1 saturated heterocycles. The number of thioether (sulfide) groups is 1. The van der Waals surface area contributed by atoms with E-state index in [1.807, 2.05) is 18.8 Å². The van der Waals surface area contributed by atoms with Crippen molar-refractivity contribution in [2.45, 2.75) is 18.9 Å². The summed E-state index contributed by atoms with van der Waals surface area (Å²) < 4.78 is 0. The number of likely N-dealkylation sites (tertiary alicyclic amines) is 1. The highest BCUT2D eigenvalue weighted by molar-refractivity contribution is 14.0. The third-order valence-electron chi connectivity index (χ3n) is 3.00. The van der Waals surface area contributed by atoms with Gasteiger partial charge in [-0.3, -0.25) is 4.99 Å². The molecule has 1 rings (SSSR count). The molecule has 0 aromatic heterocycles. The standard InChI is InChI=1S/C11H24N4S.HI/c1-12-11(13-6-8-16-3)14-9-10-5-4-7-15(10)2;/h10H,4-9H2,1-3H3,(H2,12,13,14);1H. The van der Waals surface area contributed by atoms with E-state index >= 15 is 0 Å². The summed E-state index contributed by atoms with van der Waals surface area (Å²) in [5.74, 6) is 2.04. The molecule has 4 nitrogen and oxygen atoms in total. The second-order valence-corrected chi connectivity index (χ2v) is 5.13. The fourth-order valence-corrected chi connectivity index (χ4v) is 2.25. The molecule has 0 aromatic carbocycles. The first-order valence-electron chi connectivity index (χ1n) is 5.91. The Hall–Kier alpha value is 0.310. The highest BCUT2D eigenvalue weighted by atomic mass is 127. The molecule has 1 heterocycles. The summed E-state index contributed by atoms with van der Waals surface area (Å²) in [4.78, 5) is 6.63. The van der Waals surface area contributed by atoms with Crippen molar-refractivity contribution in [2.75, 3.05) is 45.7 Å². The van der Waals surface area contributed by atoms with Gasteiger partial charge in [-0.2, -0.15) is 11.8 Å². The summed E-state index contributed by atoms with van der Waals surface area (Å²) in [6, 6.07) is 0.666. The van der Waals surface area contributed by atoms with Crippen molar-refractivity contribution in [3.05, 3.63) is 0 Å². The first kappa shape index (κ1) is 17.3. The lowest BCUT2D eigenvalue weighted by molar-refractivity contribution is 0.309.